The van der Waals surface area contributed by atoms with E-state index in [0.29, 0.717) is 23.9 Å². The quantitative estimate of drug-likeness (QED) is 0.477. The smallest absolute Gasteiger partial charge is 0.305 e. The third-order valence-electron chi connectivity index (χ3n) is 3.36. The normalized spacial score (nSPS) is 10.2. The topological polar surface area (TPSA) is 127 Å². The number of nitrogens with zero attached hydrogens (tertiary/aromatic N) is 2. The van der Waals surface area contributed by atoms with Crippen molar-refractivity contribution in [2.75, 3.05) is 23.1 Å². The highest BCUT2D eigenvalue weighted by Gasteiger charge is 2.13. The second-order valence-corrected chi connectivity index (χ2v) is 5.10. The van der Waals surface area contributed by atoms with E-state index in [1.54, 1.807) is 6.07 Å². The predicted octanol–water partition coefficient (Wildman–Crippen LogP) is 2.55. The average Bonchev–Trinajstić information content (AvgIpc) is 3.19. The van der Waals surface area contributed by atoms with E-state index in [2.05, 4.69) is 26.1 Å². The van der Waals surface area contributed by atoms with Crippen molar-refractivity contribution in [1.29, 1.82) is 0 Å². The van der Waals surface area contributed by atoms with Gasteiger partial charge in [0.15, 0.2) is 17.4 Å². The number of hydrogen-bond acceptors (Lipinski definition) is 8. The molecule has 0 saturated heterocycles. The monoisotopic (exact) mass is 354 g/mol. The number of carbonyl (C=O) groups excluding carboxylic acids is 1. The molecule has 0 unspecified atom stereocenters. The number of furan rings is 1. The maximum atomic E-state index is 11.9. The van der Waals surface area contributed by atoms with Crippen LogP contribution >= 0.6 is 0 Å². The number of benzene rings is 1. The SMILES string of the molecule is CCOc1ccccc1Nc1ncnc(NNC(=O)c2ccco2)c1N. The predicted molar refractivity (Wildman–Crippen MR) is 97.1 cm³/mol. The summed E-state index contributed by atoms with van der Waals surface area (Å²) in [5, 5.41) is 3.11. The van der Waals surface area contributed by atoms with Gasteiger partial charge in [-0.05, 0) is 31.2 Å². The van der Waals surface area contributed by atoms with Crippen LogP contribution in [0.5, 0.6) is 5.75 Å². The lowest BCUT2D eigenvalue weighted by atomic mass is 10.3. The highest BCUT2D eigenvalue weighted by atomic mass is 16.5. The molecule has 26 heavy (non-hydrogen) atoms. The summed E-state index contributed by atoms with van der Waals surface area (Å²) in [5.74, 6) is 1.00. The fourth-order valence-corrected chi connectivity index (χ4v) is 2.16. The zero-order chi connectivity index (χ0) is 18.4. The maximum absolute atomic E-state index is 11.9. The van der Waals surface area contributed by atoms with Crippen molar-refractivity contribution in [3.63, 3.8) is 0 Å². The van der Waals surface area contributed by atoms with Crippen molar-refractivity contribution in [3.05, 3.63) is 54.7 Å². The number of carbonyl (C=O) groups is 1. The first-order valence-corrected chi connectivity index (χ1v) is 7.88. The van der Waals surface area contributed by atoms with Gasteiger partial charge in [0.2, 0.25) is 0 Å². The van der Waals surface area contributed by atoms with Crippen LogP contribution in [0.3, 0.4) is 0 Å². The maximum Gasteiger partial charge on any atom is 0.305 e. The Balaban J connectivity index is 1.74. The zero-order valence-corrected chi connectivity index (χ0v) is 14.0. The fourth-order valence-electron chi connectivity index (χ4n) is 2.16. The molecule has 0 aliphatic rings. The Kier molecular flexibility index (Phi) is 5.18. The van der Waals surface area contributed by atoms with Crippen molar-refractivity contribution >= 4 is 28.9 Å². The molecule has 0 spiro atoms. The highest BCUT2D eigenvalue weighted by Crippen LogP contribution is 2.30. The third-order valence-corrected chi connectivity index (χ3v) is 3.36. The van der Waals surface area contributed by atoms with Gasteiger partial charge >= 0.3 is 5.91 Å². The standard InChI is InChI=1S/C17H18N6O3/c1-2-25-12-7-4-3-6-11(12)21-15-14(18)16(20-10-19-15)22-23-17(24)13-8-5-9-26-13/h3-10H,2,18H2,1H3,(H,23,24)(H2,19,20,21,22). The lowest BCUT2D eigenvalue weighted by Crippen LogP contribution is -2.30. The minimum Gasteiger partial charge on any atom is -0.492 e. The first kappa shape index (κ1) is 17.1. The summed E-state index contributed by atoms with van der Waals surface area (Å²) in [6.07, 6.45) is 2.73. The van der Waals surface area contributed by atoms with Gasteiger partial charge in [-0.25, -0.2) is 9.97 Å². The van der Waals surface area contributed by atoms with Crippen molar-refractivity contribution < 1.29 is 13.9 Å². The van der Waals surface area contributed by atoms with Gasteiger partial charge in [-0.15, -0.1) is 0 Å². The van der Waals surface area contributed by atoms with Crippen LogP contribution in [0, 0.1) is 0 Å². The molecule has 0 radical (unpaired) electrons. The second-order valence-electron chi connectivity index (χ2n) is 5.10. The zero-order valence-electron chi connectivity index (χ0n) is 14.0. The second kappa shape index (κ2) is 7.88. The van der Waals surface area contributed by atoms with Crippen molar-refractivity contribution in [2.24, 2.45) is 0 Å². The van der Waals surface area contributed by atoms with Crippen LogP contribution in [0.15, 0.2) is 53.4 Å². The molecular weight excluding hydrogens is 336 g/mol. The summed E-state index contributed by atoms with van der Waals surface area (Å²) in [7, 11) is 0. The first-order valence-electron chi connectivity index (χ1n) is 7.88. The Bertz CT molecular complexity index is 882. The molecule has 0 aliphatic carbocycles. The number of nitrogens with two attached hydrogens (primary N) is 1. The van der Waals surface area contributed by atoms with Crippen LogP contribution in [-0.2, 0) is 0 Å². The summed E-state index contributed by atoms with van der Waals surface area (Å²) in [5.41, 5.74) is 12.2. The van der Waals surface area contributed by atoms with Crippen LogP contribution < -0.4 is 26.6 Å². The molecule has 2 aromatic heterocycles. The molecule has 9 nitrogen and oxygen atoms in total. The van der Waals surface area contributed by atoms with E-state index >= 15 is 0 Å². The molecule has 0 bridgehead atoms. The van der Waals surface area contributed by atoms with E-state index in [0.717, 1.165) is 0 Å². The van der Waals surface area contributed by atoms with E-state index in [1.807, 2.05) is 31.2 Å². The molecule has 0 saturated carbocycles. The van der Waals surface area contributed by atoms with Crippen molar-refractivity contribution in [3.8, 4) is 5.75 Å². The summed E-state index contributed by atoms with van der Waals surface area (Å²) in [4.78, 5) is 20.1. The first-order chi connectivity index (χ1) is 12.7. The molecule has 0 atom stereocenters. The highest BCUT2D eigenvalue weighted by molar-refractivity contribution is 5.92. The number of hydrogen-bond donors (Lipinski definition) is 4. The molecule has 3 rings (SSSR count). The van der Waals surface area contributed by atoms with E-state index in [4.69, 9.17) is 14.9 Å². The van der Waals surface area contributed by atoms with Crippen LogP contribution in [0.4, 0.5) is 23.0 Å². The Labute approximate surface area is 149 Å². The molecular formula is C17H18N6O3. The van der Waals surface area contributed by atoms with Crippen molar-refractivity contribution in [2.45, 2.75) is 6.92 Å². The molecule has 0 fully saturated rings. The number of nitrogen functional groups attached to an aromatic ring is 1. The van der Waals surface area contributed by atoms with E-state index in [9.17, 15) is 4.79 Å². The van der Waals surface area contributed by atoms with Crippen LogP contribution in [0.25, 0.3) is 0 Å². The van der Waals surface area contributed by atoms with Gasteiger partial charge in [-0.3, -0.25) is 15.6 Å². The van der Waals surface area contributed by atoms with Gasteiger partial charge in [-0.1, -0.05) is 12.1 Å². The lowest BCUT2D eigenvalue weighted by Gasteiger charge is -2.15. The van der Waals surface area contributed by atoms with E-state index in [1.165, 1.54) is 18.7 Å². The van der Waals surface area contributed by atoms with Gasteiger partial charge in [0.25, 0.3) is 0 Å². The summed E-state index contributed by atoms with van der Waals surface area (Å²) < 4.78 is 10.6. The molecule has 0 aliphatic heterocycles. The lowest BCUT2D eigenvalue weighted by molar-refractivity contribution is 0.0935. The fraction of sp³-hybridized carbons (Fsp3) is 0.118. The minimum absolute atomic E-state index is 0.161. The summed E-state index contributed by atoms with van der Waals surface area (Å²) >= 11 is 0. The Morgan fingerprint density at radius 3 is 2.77 bits per heavy atom. The van der Waals surface area contributed by atoms with Crippen molar-refractivity contribution in [1.82, 2.24) is 15.4 Å². The van der Waals surface area contributed by atoms with Gasteiger partial charge in [0.1, 0.15) is 17.8 Å². The van der Waals surface area contributed by atoms with E-state index in [-0.39, 0.29) is 17.3 Å². The van der Waals surface area contributed by atoms with Gasteiger partial charge in [0.05, 0.1) is 18.6 Å². The molecule has 9 heteroatoms. The number of hydrazine groups is 1. The number of nitrogens with one attached hydrogen (secondary N) is 3. The molecule has 3 aromatic rings. The summed E-state index contributed by atoms with van der Waals surface area (Å²) in [6, 6.07) is 10.6. The van der Waals surface area contributed by atoms with Crippen LogP contribution in [0.2, 0.25) is 0 Å². The Hall–Kier alpha value is -3.75. The molecule has 1 amide bonds. The van der Waals surface area contributed by atoms with Gasteiger partial charge in [0, 0.05) is 0 Å². The van der Waals surface area contributed by atoms with Crippen LogP contribution in [-0.4, -0.2) is 22.5 Å². The Morgan fingerprint density at radius 2 is 2.00 bits per heavy atom. The molecule has 5 N–H and O–H groups in total. The van der Waals surface area contributed by atoms with Crippen LogP contribution in [0.1, 0.15) is 17.5 Å². The number of aromatic nitrogens is 2. The number of rotatable bonds is 7. The molecule has 2 heterocycles. The van der Waals surface area contributed by atoms with E-state index < -0.39 is 5.91 Å². The summed E-state index contributed by atoms with van der Waals surface area (Å²) in [6.45, 7) is 2.43. The Morgan fingerprint density at radius 1 is 1.19 bits per heavy atom. The number of anilines is 4. The number of para-hydroxylation sites is 2. The molecule has 1 aromatic carbocycles. The minimum atomic E-state index is -0.454. The number of ether oxygens (including phenoxy) is 1. The van der Waals surface area contributed by atoms with Gasteiger partial charge in [-0.2, -0.15) is 0 Å². The number of amides is 1. The van der Waals surface area contributed by atoms with Gasteiger partial charge < -0.3 is 20.2 Å². The molecule has 134 valence electrons. The average molecular weight is 354 g/mol. The largest absolute Gasteiger partial charge is 0.492 e. The third kappa shape index (κ3) is 3.83.